The Morgan fingerprint density at radius 3 is 2.95 bits per heavy atom. The number of nitrogen functional groups attached to an aromatic ring is 1. The van der Waals surface area contributed by atoms with Gasteiger partial charge in [0.1, 0.15) is 0 Å². The number of anilines is 2. The van der Waals surface area contributed by atoms with Crippen molar-refractivity contribution in [3.8, 4) is 0 Å². The third kappa shape index (κ3) is 3.75. The van der Waals surface area contributed by atoms with Crippen LogP contribution in [0.4, 0.5) is 11.4 Å². The number of nitrogens with one attached hydrogen (secondary N) is 1. The minimum absolute atomic E-state index is 0.0420. The summed E-state index contributed by atoms with van der Waals surface area (Å²) in [6.07, 6.45) is 4.05. The van der Waals surface area contributed by atoms with E-state index in [1.165, 1.54) is 0 Å². The topological polar surface area (TPSA) is 72.9 Å². The standard InChI is InChI=1S/C13H16N4OS/c1-17-8-7-15-13(17)19-9-6-12(18)16-11-5-3-2-4-10(11)14/h2-5,7-8H,6,9,14H2,1H3,(H,16,18). The Kier molecular flexibility index (Phi) is 4.46. The molecule has 1 aromatic heterocycles. The van der Waals surface area contributed by atoms with Gasteiger partial charge in [-0.2, -0.15) is 0 Å². The average molecular weight is 276 g/mol. The molecule has 2 aromatic rings. The van der Waals surface area contributed by atoms with Crippen LogP contribution < -0.4 is 11.1 Å². The van der Waals surface area contributed by atoms with Crippen molar-refractivity contribution in [3.05, 3.63) is 36.7 Å². The summed E-state index contributed by atoms with van der Waals surface area (Å²) < 4.78 is 1.93. The first kappa shape index (κ1) is 13.5. The van der Waals surface area contributed by atoms with Gasteiger partial charge >= 0.3 is 0 Å². The maximum Gasteiger partial charge on any atom is 0.225 e. The molecule has 1 heterocycles. The molecule has 0 unspecified atom stereocenters. The highest BCUT2D eigenvalue weighted by Crippen LogP contribution is 2.18. The zero-order valence-electron chi connectivity index (χ0n) is 10.7. The Bertz CT molecular complexity index is 567. The summed E-state index contributed by atoms with van der Waals surface area (Å²) in [6, 6.07) is 7.23. The maximum absolute atomic E-state index is 11.8. The Labute approximate surface area is 116 Å². The van der Waals surface area contributed by atoms with Gasteiger partial charge in [-0.3, -0.25) is 4.79 Å². The van der Waals surface area contributed by atoms with Gasteiger partial charge in [0.15, 0.2) is 5.16 Å². The van der Waals surface area contributed by atoms with E-state index in [-0.39, 0.29) is 5.91 Å². The van der Waals surface area contributed by atoms with E-state index in [2.05, 4.69) is 10.3 Å². The van der Waals surface area contributed by atoms with Crippen LogP contribution in [0, 0.1) is 0 Å². The molecule has 0 aliphatic rings. The Morgan fingerprint density at radius 1 is 1.47 bits per heavy atom. The van der Waals surface area contributed by atoms with Crippen LogP contribution in [0.1, 0.15) is 6.42 Å². The van der Waals surface area contributed by atoms with Crippen LogP contribution in [-0.4, -0.2) is 21.2 Å². The number of amides is 1. The van der Waals surface area contributed by atoms with Crippen molar-refractivity contribution < 1.29 is 4.79 Å². The number of aromatic nitrogens is 2. The van der Waals surface area contributed by atoms with Crippen LogP contribution in [0.5, 0.6) is 0 Å². The van der Waals surface area contributed by atoms with Gasteiger partial charge in [-0.15, -0.1) is 0 Å². The number of nitrogens with zero attached hydrogens (tertiary/aromatic N) is 2. The first-order valence-corrected chi connectivity index (χ1v) is 6.90. The zero-order valence-corrected chi connectivity index (χ0v) is 11.5. The molecule has 0 fully saturated rings. The van der Waals surface area contributed by atoms with Gasteiger partial charge in [-0.05, 0) is 12.1 Å². The van der Waals surface area contributed by atoms with Gasteiger partial charge in [-0.25, -0.2) is 4.98 Å². The molecule has 1 aromatic carbocycles. The first-order valence-electron chi connectivity index (χ1n) is 5.91. The second kappa shape index (κ2) is 6.29. The van der Waals surface area contributed by atoms with Crippen LogP contribution in [0.25, 0.3) is 0 Å². The van der Waals surface area contributed by atoms with Crippen molar-refractivity contribution in [2.24, 2.45) is 7.05 Å². The molecule has 0 aliphatic carbocycles. The highest BCUT2D eigenvalue weighted by Gasteiger charge is 2.06. The van der Waals surface area contributed by atoms with E-state index in [1.807, 2.05) is 29.9 Å². The van der Waals surface area contributed by atoms with E-state index in [1.54, 1.807) is 30.1 Å². The van der Waals surface area contributed by atoms with Crippen molar-refractivity contribution >= 4 is 29.0 Å². The molecule has 0 radical (unpaired) electrons. The third-order valence-corrected chi connectivity index (χ3v) is 3.63. The second-order valence-electron chi connectivity index (χ2n) is 4.05. The van der Waals surface area contributed by atoms with Crippen LogP contribution in [0.3, 0.4) is 0 Å². The van der Waals surface area contributed by atoms with Gasteiger partial charge in [-0.1, -0.05) is 23.9 Å². The number of aryl methyl sites for hydroxylation is 1. The summed E-state index contributed by atoms with van der Waals surface area (Å²) in [4.78, 5) is 16.0. The molecule has 0 spiro atoms. The molecular weight excluding hydrogens is 260 g/mol. The molecule has 0 aliphatic heterocycles. The molecule has 6 heteroatoms. The lowest BCUT2D eigenvalue weighted by Crippen LogP contribution is -2.13. The van der Waals surface area contributed by atoms with E-state index in [0.29, 0.717) is 23.5 Å². The predicted octanol–water partition coefficient (Wildman–Crippen LogP) is 2.12. The fourth-order valence-corrected chi connectivity index (χ4v) is 2.42. The molecule has 19 heavy (non-hydrogen) atoms. The van der Waals surface area contributed by atoms with Crippen LogP contribution in [-0.2, 0) is 11.8 Å². The van der Waals surface area contributed by atoms with Crippen molar-refractivity contribution in [2.75, 3.05) is 16.8 Å². The first-order chi connectivity index (χ1) is 9.16. The number of para-hydroxylation sites is 2. The zero-order chi connectivity index (χ0) is 13.7. The predicted molar refractivity (Wildman–Crippen MR) is 78.0 cm³/mol. The Hall–Kier alpha value is -1.95. The minimum atomic E-state index is -0.0420. The Morgan fingerprint density at radius 2 is 2.26 bits per heavy atom. The second-order valence-corrected chi connectivity index (χ2v) is 5.12. The molecule has 2 rings (SSSR count). The number of hydrogen-bond acceptors (Lipinski definition) is 4. The maximum atomic E-state index is 11.8. The van der Waals surface area contributed by atoms with Crippen molar-refractivity contribution in [1.29, 1.82) is 0 Å². The Balaban J connectivity index is 1.79. The number of rotatable bonds is 5. The van der Waals surface area contributed by atoms with Gasteiger partial charge in [0.05, 0.1) is 11.4 Å². The van der Waals surface area contributed by atoms with Gasteiger partial charge in [0, 0.05) is 31.6 Å². The third-order valence-electron chi connectivity index (χ3n) is 2.57. The van der Waals surface area contributed by atoms with Crippen molar-refractivity contribution in [3.63, 3.8) is 0 Å². The highest BCUT2D eigenvalue weighted by molar-refractivity contribution is 7.99. The SMILES string of the molecule is Cn1ccnc1SCCC(=O)Nc1ccccc1N. The smallest absolute Gasteiger partial charge is 0.225 e. The number of nitrogens with two attached hydrogens (primary N) is 1. The summed E-state index contributed by atoms with van der Waals surface area (Å²) in [7, 11) is 1.93. The number of carbonyl (C=O) groups is 1. The monoisotopic (exact) mass is 276 g/mol. The number of imidazole rings is 1. The highest BCUT2D eigenvalue weighted by atomic mass is 32.2. The van der Waals surface area contributed by atoms with E-state index < -0.39 is 0 Å². The number of hydrogen-bond donors (Lipinski definition) is 2. The number of thioether (sulfide) groups is 1. The quantitative estimate of drug-likeness (QED) is 0.648. The largest absolute Gasteiger partial charge is 0.397 e. The van der Waals surface area contributed by atoms with Gasteiger partial charge in [0.25, 0.3) is 0 Å². The summed E-state index contributed by atoms with van der Waals surface area (Å²) in [6.45, 7) is 0. The molecule has 100 valence electrons. The lowest BCUT2D eigenvalue weighted by molar-refractivity contribution is -0.115. The number of carbonyl (C=O) groups excluding carboxylic acids is 1. The summed E-state index contributed by atoms with van der Waals surface area (Å²) in [5, 5.41) is 3.71. The van der Waals surface area contributed by atoms with Crippen molar-refractivity contribution in [2.45, 2.75) is 11.6 Å². The van der Waals surface area contributed by atoms with Gasteiger partial charge in [0.2, 0.25) is 5.91 Å². The fraction of sp³-hybridized carbons (Fsp3) is 0.231. The van der Waals surface area contributed by atoms with Crippen LogP contribution >= 0.6 is 11.8 Å². The lowest BCUT2D eigenvalue weighted by atomic mass is 10.2. The molecule has 0 saturated carbocycles. The molecule has 3 N–H and O–H groups in total. The molecule has 0 saturated heterocycles. The molecule has 0 bridgehead atoms. The molecule has 0 atom stereocenters. The van der Waals surface area contributed by atoms with E-state index in [4.69, 9.17) is 5.73 Å². The average Bonchev–Trinajstić information content (AvgIpc) is 2.78. The van der Waals surface area contributed by atoms with E-state index >= 15 is 0 Å². The summed E-state index contributed by atoms with van der Waals surface area (Å²) in [5.74, 6) is 0.642. The summed E-state index contributed by atoms with van der Waals surface area (Å²) >= 11 is 1.56. The fourth-order valence-electron chi connectivity index (χ4n) is 1.55. The number of benzene rings is 1. The molecular formula is C13H16N4OS. The minimum Gasteiger partial charge on any atom is -0.397 e. The van der Waals surface area contributed by atoms with Gasteiger partial charge < -0.3 is 15.6 Å². The van der Waals surface area contributed by atoms with Crippen LogP contribution in [0.2, 0.25) is 0 Å². The summed E-state index contributed by atoms with van der Waals surface area (Å²) in [5.41, 5.74) is 7.00. The normalized spacial score (nSPS) is 10.4. The van der Waals surface area contributed by atoms with E-state index in [0.717, 1.165) is 5.16 Å². The lowest BCUT2D eigenvalue weighted by Gasteiger charge is -2.07. The van der Waals surface area contributed by atoms with Crippen LogP contribution in [0.15, 0.2) is 41.8 Å². The molecule has 5 nitrogen and oxygen atoms in total. The molecule has 1 amide bonds. The van der Waals surface area contributed by atoms with Crippen molar-refractivity contribution in [1.82, 2.24) is 9.55 Å². The van der Waals surface area contributed by atoms with E-state index in [9.17, 15) is 4.79 Å².